The number of hydrogen-bond donors (Lipinski definition) is 1. The fourth-order valence-corrected chi connectivity index (χ4v) is 2.91. The number of rotatable bonds is 7. The minimum Gasteiger partial charge on any atom is -0.376 e. The van der Waals surface area contributed by atoms with E-state index in [4.69, 9.17) is 4.74 Å². The van der Waals surface area contributed by atoms with Gasteiger partial charge in [-0.1, -0.05) is 39.0 Å². The molecule has 21 heavy (non-hydrogen) atoms. The van der Waals surface area contributed by atoms with Gasteiger partial charge in [0.2, 0.25) is 0 Å². The van der Waals surface area contributed by atoms with Crippen LogP contribution in [0.3, 0.4) is 0 Å². The van der Waals surface area contributed by atoms with Gasteiger partial charge in [0.05, 0.1) is 12.1 Å². The van der Waals surface area contributed by atoms with Gasteiger partial charge in [0.1, 0.15) is 0 Å². The lowest BCUT2D eigenvalue weighted by Gasteiger charge is -2.31. The summed E-state index contributed by atoms with van der Waals surface area (Å²) in [6, 6.07) is 8.70. The second kappa shape index (κ2) is 7.53. The summed E-state index contributed by atoms with van der Waals surface area (Å²) in [4.78, 5) is 4.22. The van der Waals surface area contributed by atoms with Crippen molar-refractivity contribution >= 4 is 10.8 Å². The minimum absolute atomic E-state index is 0.161. The van der Waals surface area contributed by atoms with Crippen LogP contribution in [0.1, 0.15) is 39.3 Å². The Morgan fingerprint density at radius 1 is 1.19 bits per heavy atom. The molecule has 1 aromatic carbocycles. The average Bonchev–Trinajstić information content (AvgIpc) is 2.50. The maximum Gasteiger partial charge on any atom is 0.0792 e. The molecule has 0 aliphatic heterocycles. The summed E-state index contributed by atoms with van der Waals surface area (Å²) in [5, 5.41) is 6.04. The second-order valence-electron chi connectivity index (χ2n) is 5.64. The van der Waals surface area contributed by atoms with Crippen LogP contribution in [0.2, 0.25) is 0 Å². The van der Waals surface area contributed by atoms with Crippen molar-refractivity contribution in [2.45, 2.75) is 39.8 Å². The molecule has 1 N–H and O–H groups in total. The molecule has 0 spiro atoms. The molecule has 0 bridgehead atoms. The van der Waals surface area contributed by atoms with Crippen molar-refractivity contribution in [3.8, 4) is 0 Å². The first-order chi connectivity index (χ1) is 10.2. The normalized spacial score (nSPS) is 14.5. The van der Waals surface area contributed by atoms with Gasteiger partial charge in [-0.05, 0) is 36.4 Å². The van der Waals surface area contributed by atoms with E-state index in [0.717, 1.165) is 13.2 Å². The molecule has 3 heteroatoms. The van der Waals surface area contributed by atoms with Crippen LogP contribution in [0.5, 0.6) is 0 Å². The number of hydrogen-bond acceptors (Lipinski definition) is 3. The van der Waals surface area contributed by atoms with Crippen molar-refractivity contribution in [2.24, 2.45) is 5.92 Å². The fraction of sp³-hybridized carbons (Fsp3) is 0.500. The Balaban J connectivity index is 2.48. The SMILES string of the molecule is CCNC(c1cccc2cnccc12)C(OCC)C(C)C. The van der Waals surface area contributed by atoms with Crippen LogP contribution in [0.25, 0.3) is 10.8 Å². The van der Waals surface area contributed by atoms with Gasteiger partial charge in [-0.25, -0.2) is 0 Å². The zero-order valence-electron chi connectivity index (χ0n) is 13.5. The predicted molar refractivity (Wildman–Crippen MR) is 88.4 cm³/mol. The fourth-order valence-electron chi connectivity index (χ4n) is 2.91. The third-order valence-corrected chi connectivity index (χ3v) is 3.82. The maximum atomic E-state index is 6.04. The van der Waals surface area contributed by atoms with Gasteiger partial charge < -0.3 is 10.1 Å². The molecule has 0 aliphatic rings. The zero-order valence-corrected chi connectivity index (χ0v) is 13.5. The van der Waals surface area contributed by atoms with Crippen LogP contribution in [-0.4, -0.2) is 24.2 Å². The molecule has 0 saturated carbocycles. The Bertz CT molecular complexity index is 563. The Labute approximate surface area is 127 Å². The summed E-state index contributed by atoms with van der Waals surface area (Å²) < 4.78 is 6.04. The number of ether oxygens (including phenoxy) is 1. The van der Waals surface area contributed by atoms with Gasteiger partial charge in [-0.3, -0.25) is 4.98 Å². The van der Waals surface area contributed by atoms with Crippen molar-refractivity contribution in [1.29, 1.82) is 0 Å². The number of aromatic nitrogens is 1. The zero-order chi connectivity index (χ0) is 15.2. The number of benzene rings is 1. The van der Waals surface area contributed by atoms with Crippen LogP contribution in [0.4, 0.5) is 0 Å². The molecular weight excluding hydrogens is 260 g/mol. The highest BCUT2D eigenvalue weighted by Gasteiger charge is 2.27. The average molecular weight is 286 g/mol. The topological polar surface area (TPSA) is 34.2 Å². The van der Waals surface area contributed by atoms with E-state index in [1.807, 2.05) is 12.4 Å². The molecule has 2 unspecified atom stereocenters. The molecule has 0 aliphatic carbocycles. The Morgan fingerprint density at radius 2 is 2.00 bits per heavy atom. The van der Waals surface area contributed by atoms with Crippen LogP contribution >= 0.6 is 0 Å². The van der Waals surface area contributed by atoms with Gasteiger partial charge in [0.15, 0.2) is 0 Å². The van der Waals surface area contributed by atoms with Crippen molar-refractivity contribution in [1.82, 2.24) is 10.3 Å². The predicted octanol–water partition coefficient (Wildman–Crippen LogP) is 3.95. The molecule has 0 amide bonds. The molecule has 1 heterocycles. The minimum atomic E-state index is 0.161. The molecule has 2 aromatic rings. The first kappa shape index (κ1) is 15.9. The summed E-state index contributed by atoms with van der Waals surface area (Å²) in [6.07, 6.45) is 3.95. The van der Waals surface area contributed by atoms with Crippen molar-refractivity contribution < 1.29 is 4.74 Å². The van der Waals surface area contributed by atoms with Crippen molar-refractivity contribution in [3.63, 3.8) is 0 Å². The van der Waals surface area contributed by atoms with E-state index in [2.05, 4.69) is 62.3 Å². The summed E-state index contributed by atoms with van der Waals surface area (Å²) in [6.45, 7) is 10.3. The van der Waals surface area contributed by atoms with Gasteiger partial charge in [0.25, 0.3) is 0 Å². The van der Waals surface area contributed by atoms with Crippen LogP contribution < -0.4 is 5.32 Å². The molecule has 2 rings (SSSR count). The van der Waals surface area contributed by atoms with E-state index in [9.17, 15) is 0 Å². The first-order valence-electron chi connectivity index (χ1n) is 7.86. The van der Waals surface area contributed by atoms with Crippen molar-refractivity contribution in [2.75, 3.05) is 13.2 Å². The Kier molecular flexibility index (Phi) is 5.71. The number of pyridine rings is 1. The number of nitrogens with zero attached hydrogens (tertiary/aromatic N) is 1. The van der Waals surface area contributed by atoms with E-state index in [1.165, 1.54) is 16.3 Å². The van der Waals surface area contributed by atoms with Gasteiger partial charge >= 0.3 is 0 Å². The van der Waals surface area contributed by atoms with Gasteiger partial charge in [-0.2, -0.15) is 0 Å². The maximum absolute atomic E-state index is 6.04. The highest BCUT2D eigenvalue weighted by molar-refractivity contribution is 5.85. The van der Waals surface area contributed by atoms with Gasteiger partial charge in [0, 0.05) is 24.4 Å². The number of likely N-dealkylation sites (N-methyl/N-ethyl adjacent to an activating group) is 1. The molecule has 1 aromatic heterocycles. The molecular formula is C18H26N2O. The summed E-state index contributed by atoms with van der Waals surface area (Å²) >= 11 is 0. The van der Waals surface area contributed by atoms with E-state index >= 15 is 0 Å². The smallest absolute Gasteiger partial charge is 0.0792 e. The molecule has 2 atom stereocenters. The molecule has 114 valence electrons. The molecule has 0 radical (unpaired) electrons. The number of nitrogens with one attached hydrogen (secondary N) is 1. The Hall–Kier alpha value is -1.45. The van der Waals surface area contributed by atoms with Crippen molar-refractivity contribution in [3.05, 3.63) is 42.2 Å². The van der Waals surface area contributed by atoms with Gasteiger partial charge in [-0.15, -0.1) is 0 Å². The van der Waals surface area contributed by atoms with Crippen LogP contribution in [0.15, 0.2) is 36.7 Å². The highest BCUT2D eigenvalue weighted by atomic mass is 16.5. The lowest BCUT2D eigenvalue weighted by atomic mass is 9.90. The third kappa shape index (κ3) is 3.60. The molecule has 0 saturated heterocycles. The van der Waals surface area contributed by atoms with E-state index in [0.29, 0.717) is 5.92 Å². The summed E-state index contributed by atoms with van der Waals surface area (Å²) in [5.41, 5.74) is 1.30. The first-order valence-corrected chi connectivity index (χ1v) is 7.86. The lowest BCUT2D eigenvalue weighted by molar-refractivity contribution is 0.00351. The highest BCUT2D eigenvalue weighted by Crippen LogP contribution is 2.30. The quantitative estimate of drug-likeness (QED) is 0.837. The summed E-state index contributed by atoms with van der Waals surface area (Å²) in [5.74, 6) is 0.450. The largest absolute Gasteiger partial charge is 0.376 e. The Morgan fingerprint density at radius 3 is 2.67 bits per heavy atom. The standard InChI is InChI=1S/C18H26N2O/c1-5-20-17(18(13(3)4)21-6-2)16-9-7-8-14-12-19-11-10-15(14)16/h7-13,17-18,20H,5-6H2,1-4H3. The molecule has 3 nitrogen and oxygen atoms in total. The summed E-state index contributed by atoms with van der Waals surface area (Å²) in [7, 11) is 0. The lowest BCUT2D eigenvalue weighted by Crippen LogP contribution is -2.37. The second-order valence-corrected chi connectivity index (χ2v) is 5.64. The van der Waals surface area contributed by atoms with E-state index < -0.39 is 0 Å². The van der Waals surface area contributed by atoms with Crippen LogP contribution in [-0.2, 0) is 4.74 Å². The van der Waals surface area contributed by atoms with E-state index in [-0.39, 0.29) is 12.1 Å². The van der Waals surface area contributed by atoms with E-state index in [1.54, 1.807) is 0 Å². The number of fused-ring (bicyclic) bond motifs is 1. The monoisotopic (exact) mass is 286 g/mol. The van der Waals surface area contributed by atoms with Crippen LogP contribution in [0, 0.1) is 5.92 Å². The molecule has 0 fully saturated rings. The third-order valence-electron chi connectivity index (χ3n) is 3.82.